The van der Waals surface area contributed by atoms with E-state index in [0.29, 0.717) is 10.9 Å². The second kappa shape index (κ2) is 5.83. The van der Waals surface area contributed by atoms with Crippen LogP contribution in [0, 0.1) is 6.92 Å². The molecule has 1 aliphatic heterocycles. The molecule has 0 spiro atoms. The van der Waals surface area contributed by atoms with Gasteiger partial charge in [0.1, 0.15) is 5.75 Å². The molecule has 0 aliphatic carbocycles. The molecule has 1 aliphatic rings. The molecule has 4 rings (SSSR count). The lowest BCUT2D eigenvalue weighted by atomic mass is 10.1. The van der Waals surface area contributed by atoms with Crippen LogP contribution >= 0.6 is 0 Å². The molecule has 24 heavy (non-hydrogen) atoms. The van der Waals surface area contributed by atoms with Crippen LogP contribution in [0.3, 0.4) is 0 Å². The van der Waals surface area contributed by atoms with Gasteiger partial charge in [-0.05, 0) is 25.1 Å². The maximum Gasteiger partial charge on any atom is 0.197 e. The third-order valence-corrected chi connectivity index (χ3v) is 5.36. The highest BCUT2D eigenvalue weighted by atomic mass is 32.2. The van der Waals surface area contributed by atoms with E-state index in [4.69, 9.17) is 4.74 Å². The number of aromatic amines is 1. The maximum absolute atomic E-state index is 12.7. The predicted molar refractivity (Wildman–Crippen MR) is 93.6 cm³/mol. The van der Waals surface area contributed by atoms with Crippen molar-refractivity contribution in [3.63, 3.8) is 0 Å². The Labute approximate surface area is 141 Å². The van der Waals surface area contributed by atoms with Gasteiger partial charge in [0, 0.05) is 30.0 Å². The van der Waals surface area contributed by atoms with Gasteiger partial charge in [-0.1, -0.05) is 0 Å². The van der Waals surface area contributed by atoms with Crippen LogP contribution in [0.25, 0.3) is 11.0 Å². The predicted octanol–water partition coefficient (Wildman–Crippen LogP) is 2.84. The number of H-pyrrole nitrogens is 1. The van der Waals surface area contributed by atoms with E-state index in [1.54, 1.807) is 19.4 Å². The maximum atomic E-state index is 12.7. The lowest BCUT2D eigenvalue weighted by molar-refractivity contribution is 0.410. The molecule has 0 fully saturated rings. The summed E-state index contributed by atoms with van der Waals surface area (Å²) < 4.78 is 18.0. The zero-order valence-electron chi connectivity index (χ0n) is 13.4. The van der Waals surface area contributed by atoms with Crippen LogP contribution in [-0.2, 0) is 23.0 Å². The van der Waals surface area contributed by atoms with Crippen molar-refractivity contribution >= 4 is 33.7 Å². The largest absolute Gasteiger partial charge is 0.496 e. The van der Waals surface area contributed by atoms with E-state index in [9.17, 15) is 4.21 Å². The molecule has 6 nitrogen and oxygen atoms in total. The highest BCUT2D eigenvalue weighted by Crippen LogP contribution is 2.31. The molecule has 1 atom stereocenters. The summed E-state index contributed by atoms with van der Waals surface area (Å²) in [6.07, 6.45) is 4.31. The molecule has 0 saturated heterocycles. The van der Waals surface area contributed by atoms with Crippen molar-refractivity contribution < 1.29 is 8.95 Å². The first kappa shape index (κ1) is 15.0. The van der Waals surface area contributed by atoms with Crippen molar-refractivity contribution in [3.05, 3.63) is 41.2 Å². The van der Waals surface area contributed by atoms with Crippen molar-refractivity contribution in [3.8, 4) is 5.75 Å². The van der Waals surface area contributed by atoms with E-state index < -0.39 is 10.8 Å². The Morgan fingerprint density at radius 3 is 3.04 bits per heavy atom. The van der Waals surface area contributed by atoms with Crippen molar-refractivity contribution in [2.75, 3.05) is 7.11 Å². The monoisotopic (exact) mass is 340 g/mol. The number of aliphatic imine (C=N–C) groups is 1. The van der Waals surface area contributed by atoms with Crippen LogP contribution in [0.15, 0.2) is 34.5 Å². The van der Waals surface area contributed by atoms with Crippen LogP contribution in [0.4, 0.5) is 5.69 Å². The minimum Gasteiger partial charge on any atom is -0.496 e. The van der Waals surface area contributed by atoms with Crippen molar-refractivity contribution in [2.45, 2.75) is 24.3 Å². The van der Waals surface area contributed by atoms with Gasteiger partial charge in [0.2, 0.25) is 0 Å². The summed E-state index contributed by atoms with van der Waals surface area (Å²) in [5, 5.41) is 0.467. The average Bonchev–Trinajstić information content (AvgIpc) is 3.22. The third-order valence-electron chi connectivity index (χ3n) is 4.20. The van der Waals surface area contributed by atoms with Gasteiger partial charge in [-0.25, -0.2) is 4.98 Å². The minimum absolute atomic E-state index is 0.293. The lowest BCUT2D eigenvalue weighted by Crippen LogP contribution is -2.03. The zero-order valence-corrected chi connectivity index (χ0v) is 14.2. The number of ether oxygens (including phenoxy) is 1. The fraction of sp³-hybridized carbons (Fsp3) is 0.235. The smallest absolute Gasteiger partial charge is 0.197 e. The Morgan fingerprint density at radius 1 is 1.33 bits per heavy atom. The number of imidazole rings is 1. The highest BCUT2D eigenvalue weighted by Gasteiger charge is 2.18. The Hall–Kier alpha value is -2.54. The molecule has 122 valence electrons. The SMILES string of the molecule is COc1ccnc(CS(=O)c2nc3c4c(ccc3[nH]2)N=CC4)c1C. The van der Waals surface area contributed by atoms with Gasteiger partial charge in [0.15, 0.2) is 5.16 Å². The first-order valence-electron chi connectivity index (χ1n) is 7.58. The summed E-state index contributed by atoms with van der Waals surface area (Å²) in [5.74, 6) is 1.04. The van der Waals surface area contributed by atoms with Crippen molar-refractivity contribution in [2.24, 2.45) is 4.99 Å². The molecule has 2 aromatic heterocycles. The van der Waals surface area contributed by atoms with Gasteiger partial charge >= 0.3 is 0 Å². The van der Waals surface area contributed by atoms with Gasteiger partial charge < -0.3 is 9.72 Å². The standard InChI is InChI=1S/C17H16N4O2S/c1-10-14(19-8-6-15(10)23-2)9-24(22)17-20-13-4-3-12-11(5-7-18-12)16(13)21-17/h3-4,6-8H,5,9H2,1-2H3,(H,20,21). The number of hydrogen-bond donors (Lipinski definition) is 1. The summed E-state index contributed by atoms with van der Waals surface area (Å²) in [4.78, 5) is 16.4. The normalized spacial score (nSPS) is 14.1. The molecule has 1 aromatic carbocycles. The molecule has 3 heterocycles. The van der Waals surface area contributed by atoms with Gasteiger partial charge in [-0.3, -0.25) is 14.2 Å². The summed E-state index contributed by atoms with van der Waals surface area (Å²) in [7, 11) is 0.306. The molecule has 0 saturated carbocycles. The Bertz CT molecular complexity index is 994. The molecule has 7 heteroatoms. The minimum atomic E-state index is -1.31. The molecule has 0 bridgehead atoms. The van der Waals surface area contributed by atoms with Crippen LogP contribution in [-0.4, -0.2) is 32.5 Å². The Balaban J connectivity index is 1.67. The molecule has 0 radical (unpaired) electrons. The summed E-state index contributed by atoms with van der Waals surface area (Å²) >= 11 is 0. The van der Waals surface area contributed by atoms with Crippen LogP contribution < -0.4 is 4.74 Å². The summed E-state index contributed by atoms with van der Waals surface area (Å²) in [6.45, 7) is 1.92. The second-order valence-corrected chi connectivity index (χ2v) is 6.96. The van der Waals surface area contributed by atoms with E-state index in [1.807, 2.05) is 25.3 Å². The Kier molecular flexibility index (Phi) is 3.65. The number of nitrogens with zero attached hydrogens (tertiary/aromatic N) is 3. The van der Waals surface area contributed by atoms with Crippen molar-refractivity contribution in [1.29, 1.82) is 0 Å². The fourth-order valence-corrected chi connectivity index (χ4v) is 3.98. The number of fused-ring (bicyclic) bond motifs is 3. The van der Waals surface area contributed by atoms with Gasteiger partial charge in [0.05, 0.1) is 46.1 Å². The first-order valence-corrected chi connectivity index (χ1v) is 8.90. The number of pyridine rings is 1. The van der Waals surface area contributed by atoms with Gasteiger partial charge in [0.25, 0.3) is 0 Å². The number of nitrogens with one attached hydrogen (secondary N) is 1. The number of rotatable bonds is 4. The van der Waals surface area contributed by atoms with Gasteiger partial charge in [-0.2, -0.15) is 0 Å². The number of hydrogen-bond acceptors (Lipinski definition) is 5. The number of methoxy groups -OCH3 is 1. The summed E-state index contributed by atoms with van der Waals surface area (Å²) in [5.41, 5.74) is 5.42. The second-order valence-electron chi connectivity index (χ2n) is 5.59. The number of aromatic nitrogens is 3. The zero-order chi connectivity index (χ0) is 16.7. The molecule has 3 aromatic rings. The molecular formula is C17H16N4O2S. The lowest BCUT2D eigenvalue weighted by Gasteiger charge is -2.08. The van der Waals surface area contributed by atoms with Crippen LogP contribution in [0.2, 0.25) is 0 Å². The van der Waals surface area contributed by atoms with Crippen LogP contribution in [0.1, 0.15) is 16.8 Å². The fourth-order valence-electron chi connectivity index (χ4n) is 2.88. The van der Waals surface area contributed by atoms with E-state index in [0.717, 1.165) is 45.7 Å². The molecular weight excluding hydrogens is 324 g/mol. The average molecular weight is 340 g/mol. The van der Waals surface area contributed by atoms with Crippen LogP contribution in [0.5, 0.6) is 5.75 Å². The quantitative estimate of drug-likeness (QED) is 0.792. The van der Waals surface area contributed by atoms with E-state index in [2.05, 4.69) is 19.9 Å². The third kappa shape index (κ3) is 2.41. The van der Waals surface area contributed by atoms with Gasteiger partial charge in [-0.15, -0.1) is 0 Å². The Morgan fingerprint density at radius 2 is 2.21 bits per heavy atom. The molecule has 1 unspecified atom stereocenters. The highest BCUT2D eigenvalue weighted by molar-refractivity contribution is 7.84. The number of benzene rings is 1. The van der Waals surface area contributed by atoms with Crippen molar-refractivity contribution in [1.82, 2.24) is 15.0 Å². The van der Waals surface area contributed by atoms with E-state index in [-0.39, 0.29) is 0 Å². The van der Waals surface area contributed by atoms with E-state index >= 15 is 0 Å². The molecule has 0 amide bonds. The summed E-state index contributed by atoms with van der Waals surface area (Å²) in [6, 6.07) is 5.69. The van der Waals surface area contributed by atoms with E-state index in [1.165, 1.54) is 0 Å². The topological polar surface area (TPSA) is 80.2 Å². The molecule has 1 N–H and O–H groups in total. The first-order chi connectivity index (χ1) is 11.7.